The number of amides is 1. The molecule has 7 nitrogen and oxygen atoms in total. The summed E-state index contributed by atoms with van der Waals surface area (Å²) in [6.45, 7) is 2.86. The second-order valence-corrected chi connectivity index (χ2v) is 9.43. The lowest BCUT2D eigenvalue weighted by Gasteiger charge is -2.21. The van der Waals surface area contributed by atoms with Crippen molar-refractivity contribution in [2.75, 3.05) is 37.4 Å². The zero-order valence-electron chi connectivity index (χ0n) is 17.2. The Morgan fingerprint density at radius 2 is 1.79 bits per heavy atom. The van der Waals surface area contributed by atoms with Gasteiger partial charge in [0.15, 0.2) is 0 Å². The van der Waals surface area contributed by atoms with Crippen molar-refractivity contribution >= 4 is 27.4 Å². The van der Waals surface area contributed by atoms with Crippen LogP contribution in [0, 0.1) is 6.92 Å². The molecule has 1 saturated heterocycles. The highest BCUT2D eigenvalue weighted by Crippen LogP contribution is 2.26. The molecule has 1 amide bonds. The van der Waals surface area contributed by atoms with Crippen molar-refractivity contribution in [2.24, 2.45) is 0 Å². The van der Waals surface area contributed by atoms with E-state index in [0.717, 1.165) is 25.7 Å². The van der Waals surface area contributed by atoms with Crippen LogP contribution in [0.3, 0.4) is 0 Å². The molecule has 2 heterocycles. The lowest BCUT2D eigenvalue weighted by Crippen LogP contribution is -2.32. The van der Waals surface area contributed by atoms with E-state index in [-0.39, 0.29) is 10.8 Å². The lowest BCUT2D eigenvalue weighted by molar-refractivity contribution is 0.102. The zero-order chi connectivity index (χ0) is 21.0. The molecule has 1 aromatic carbocycles. The summed E-state index contributed by atoms with van der Waals surface area (Å²) in [5, 5.41) is 2.82. The highest BCUT2D eigenvalue weighted by atomic mass is 32.2. The number of hydrogen-bond acceptors (Lipinski definition) is 5. The number of carbonyl (C=O) groups excluding carboxylic acids is 1. The first-order chi connectivity index (χ1) is 13.8. The van der Waals surface area contributed by atoms with Gasteiger partial charge in [-0.05, 0) is 49.6 Å². The standard InChI is InChI=1S/C21H28N4O3S/c1-16-10-11-17(23-21(26)18-9-8-12-22-20(18)24(2)3)15-19(16)29(27,28)25-13-6-4-5-7-14-25/h8-12,15H,4-7,13-14H2,1-3H3,(H,23,26). The molecule has 0 spiro atoms. The minimum Gasteiger partial charge on any atom is -0.362 e. The molecule has 0 unspecified atom stereocenters. The van der Waals surface area contributed by atoms with Gasteiger partial charge in [-0.3, -0.25) is 4.79 Å². The first-order valence-electron chi connectivity index (χ1n) is 9.85. The van der Waals surface area contributed by atoms with Crippen LogP contribution in [0.5, 0.6) is 0 Å². The Morgan fingerprint density at radius 3 is 2.45 bits per heavy atom. The lowest BCUT2D eigenvalue weighted by atomic mass is 10.2. The number of carbonyl (C=O) groups is 1. The summed E-state index contributed by atoms with van der Waals surface area (Å²) < 4.78 is 28.0. The largest absolute Gasteiger partial charge is 0.362 e. The maximum Gasteiger partial charge on any atom is 0.259 e. The van der Waals surface area contributed by atoms with Crippen molar-refractivity contribution in [3.8, 4) is 0 Å². The average molecular weight is 417 g/mol. The van der Waals surface area contributed by atoms with Crippen LogP contribution in [-0.4, -0.2) is 50.8 Å². The number of nitrogens with one attached hydrogen (secondary N) is 1. The number of benzene rings is 1. The van der Waals surface area contributed by atoms with Crippen LogP contribution in [0.25, 0.3) is 0 Å². The fraction of sp³-hybridized carbons (Fsp3) is 0.429. The van der Waals surface area contributed by atoms with Gasteiger partial charge in [0.1, 0.15) is 5.82 Å². The molecule has 1 aliphatic rings. The number of hydrogen-bond donors (Lipinski definition) is 1. The fourth-order valence-electron chi connectivity index (χ4n) is 3.51. The van der Waals surface area contributed by atoms with Crippen molar-refractivity contribution in [3.63, 3.8) is 0 Å². The maximum absolute atomic E-state index is 13.2. The monoisotopic (exact) mass is 416 g/mol. The highest BCUT2D eigenvalue weighted by Gasteiger charge is 2.27. The van der Waals surface area contributed by atoms with E-state index < -0.39 is 10.0 Å². The molecule has 0 saturated carbocycles. The second kappa shape index (κ2) is 8.92. The van der Waals surface area contributed by atoms with Crippen molar-refractivity contribution < 1.29 is 13.2 Å². The van der Waals surface area contributed by atoms with E-state index in [0.29, 0.717) is 35.7 Å². The van der Waals surface area contributed by atoms with E-state index in [1.54, 1.807) is 52.7 Å². The SMILES string of the molecule is Cc1ccc(NC(=O)c2cccnc2N(C)C)cc1S(=O)(=O)N1CCCCCC1. The first kappa shape index (κ1) is 21.3. The Bertz CT molecular complexity index is 981. The van der Waals surface area contributed by atoms with E-state index in [1.807, 2.05) is 14.1 Å². The Balaban J connectivity index is 1.89. The van der Waals surface area contributed by atoms with Gasteiger partial charge in [0.2, 0.25) is 10.0 Å². The zero-order valence-corrected chi connectivity index (χ0v) is 18.0. The number of aromatic nitrogens is 1. The topological polar surface area (TPSA) is 82.6 Å². The van der Waals surface area contributed by atoms with Crippen molar-refractivity contribution in [1.29, 1.82) is 0 Å². The summed E-state index contributed by atoms with van der Waals surface area (Å²) in [5.41, 5.74) is 1.54. The van der Waals surface area contributed by atoms with E-state index >= 15 is 0 Å². The third kappa shape index (κ3) is 4.76. The van der Waals surface area contributed by atoms with Crippen LogP contribution in [0.2, 0.25) is 0 Å². The molecule has 1 aromatic heterocycles. The average Bonchev–Trinajstić information content (AvgIpc) is 2.99. The molecule has 3 rings (SSSR count). The van der Waals surface area contributed by atoms with E-state index in [9.17, 15) is 13.2 Å². The minimum absolute atomic E-state index is 0.246. The molecule has 29 heavy (non-hydrogen) atoms. The van der Waals surface area contributed by atoms with Crippen molar-refractivity contribution in [2.45, 2.75) is 37.5 Å². The molecule has 1 fully saturated rings. The quantitative estimate of drug-likeness (QED) is 0.809. The summed E-state index contributed by atoms with van der Waals surface area (Å²) >= 11 is 0. The molecule has 8 heteroatoms. The third-order valence-corrected chi connectivity index (χ3v) is 7.12. The number of rotatable bonds is 5. The Hall–Kier alpha value is -2.45. The maximum atomic E-state index is 13.2. The summed E-state index contributed by atoms with van der Waals surface area (Å²) in [6, 6.07) is 8.41. The van der Waals surface area contributed by atoms with Gasteiger partial charge in [-0.15, -0.1) is 0 Å². The van der Waals surface area contributed by atoms with E-state index in [1.165, 1.54) is 0 Å². The Labute approximate surface area is 172 Å². The molecule has 0 bridgehead atoms. The second-order valence-electron chi connectivity index (χ2n) is 7.52. The van der Waals surface area contributed by atoms with Gasteiger partial charge >= 0.3 is 0 Å². The molecule has 156 valence electrons. The summed E-state index contributed by atoms with van der Waals surface area (Å²) in [4.78, 5) is 19.0. The van der Waals surface area contributed by atoms with Gasteiger partial charge in [-0.1, -0.05) is 18.9 Å². The molecular formula is C21H28N4O3S. The predicted molar refractivity (Wildman–Crippen MR) is 115 cm³/mol. The van der Waals surface area contributed by atoms with Crippen LogP contribution in [0.1, 0.15) is 41.6 Å². The van der Waals surface area contributed by atoms with Crippen molar-refractivity contribution in [1.82, 2.24) is 9.29 Å². The Morgan fingerprint density at radius 1 is 1.10 bits per heavy atom. The summed E-state index contributed by atoms with van der Waals surface area (Å²) in [6.07, 6.45) is 5.50. The number of sulfonamides is 1. The highest BCUT2D eigenvalue weighted by molar-refractivity contribution is 7.89. The predicted octanol–water partition coefficient (Wildman–Crippen LogP) is 3.27. The summed E-state index contributed by atoms with van der Waals surface area (Å²) in [7, 11) is 0.0335. The van der Waals surface area contributed by atoms with Crippen LogP contribution < -0.4 is 10.2 Å². The molecule has 0 radical (unpaired) electrons. The number of anilines is 2. The third-order valence-electron chi connectivity index (χ3n) is 5.08. The Kier molecular flexibility index (Phi) is 6.54. The minimum atomic E-state index is -3.60. The van der Waals surface area contributed by atoms with Gasteiger partial charge in [-0.25, -0.2) is 13.4 Å². The van der Waals surface area contributed by atoms with Gasteiger partial charge in [0.05, 0.1) is 10.5 Å². The van der Waals surface area contributed by atoms with Gasteiger partial charge in [0, 0.05) is 39.1 Å². The van der Waals surface area contributed by atoms with E-state index in [2.05, 4.69) is 10.3 Å². The molecule has 0 aliphatic carbocycles. The smallest absolute Gasteiger partial charge is 0.259 e. The number of pyridine rings is 1. The number of nitrogens with zero attached hydrogens (tertiary/aromatic N) is 3. The molecule has 1 N–H and O–H groups in total. The van der Waals surface area contributed by atoms with Crippen LogP contribution in [0.15, 0.2) is 41.4 Å². The van der Waals surface area contributed by atoms with Gasteiger partial charge in [-0.2, -0.15) is 4.31 Å². The van der Waals surface area contributed by atoms with Gasteiger partial charge < -0.3 is 10.2 Å². The molecule has 1 aliphatic heterocycles. The van der Waals surface area contributed by atoms with Crippen molar-refractivity contribution in [3.05, 3.63) is 47.7 Å². The number of aryl methyl sites for hydroxylation is 1. The van der Waals surface area contributed by atoms with Crippen LogP contribution in [-0.2, 0) is 10.0 Å². The first-order valence-corrected chi connectivity index (χ1v) is 11.3. The molecular weight excluding hydrogens is 388 g/mol. The van der Waals surface area contributed by atoms with Crippen LogP contribution >= 0.6 is 0 Å². The molecule has 0 atom stereocenters. The molecule has 2 aromatic rings. The van der Waals surface area contributed by atoms with Crippen LogP contribution in [0.4, 0.5) is 11.5 Å². The fourth-order valence-corrected chi connectivity index (χ4v) is 5.27. The van der Waals surface area contributed by atoms with Gasteiger partial charge in [0.25, 0.3) is 5.91 Å². The van der Waals surface area contributed by atoms with E-state index in [4.69, 9.17) is 0 Å². The normalized spacial score (nSPS) is 15.6. The summed E-state index contributed by atoms with van der Waals surface area (Å²) in [5.74, 6) is 0.221.